The first-order chi connectivity index (χ1) is 14.2. The van der Waals surface area contributed by atoms with Crippen LogP contribution in [0, 0.1) is 6.92 Å². The molecule has 0 unspecified atom stereocenters. The third-order valence-electron chi connectivity index (χ3n) is 4.70. The van der Waals surface area contributed by atoms with Crippen molar-refractivity contribution in [1.29, 1.82) is 0 Å². The maximum atomic E-state index is 12.8. The van der Waals surface area contributed by atoms with Crippen LogP contribution in [0.3, 0.4) is 0 Å². The number of amides is 1. The first kappa shape index (κ1) is 20.2. The molecule has 0 saturated carbocycles. The smallest absolute Gasteiger partial charge is 0.362 e. The standard InChI is InChI=1S/C18H16ClF3N6O2/c1-9-5-13-12(24-16(9)25-17(29)15-11(19)7-23-26-15)3-2-4-28(13)8-10-6-14(27-30-10)18(20,21)22/h5-7H,2-4,8H2,1H3,(H,23,26)(H,24,25,29). The van der Waals surface area contributed by atoms with Gasteiger partial charge >= 0.3 is 6.18 Å². The molecule has 0 atom stereocenters. The van der Waals surface area contributed by atoms with Gasteiger partial charge in [-0.15, -0.1) is 0 Å². The van der Waals surface area contributed by atoms with Crippen molar-refractivity contribution >= 4 is 29.0 Å². The van der Waals surface area contributed by atoms with Gasteiger partial charge in [0, 0.05) is 12.6 Å². The van der Waals surface area contributed by atoms with Crippen molar-refractivity contribution in [3.05, 3.63) is 51.8 Å². The number of carbonyl (C=O) groups is 1. The van der Waals surface area contributed by atoms with Gasteiger partial charge in [-0.3, -0.25) is 9.89 Å². The van der Waals surface area contributed by atoms with Gasteiger partial charge < -0.3 is 14.7 Å². The number of hydrogen-bond donors (Lipinski definition) is 2. The largest absolute Gasteiger partial charge is 0.436 e. The molecule has 1 aliphatic rings. The predicted octanol–water partition coefficient (Wildman–Crippen LogP) is 3.98. The molecule has 0 bridgehead atoms. The van der Waals surface area contributed by atoms with Gasteiger partial charge in [-0.05, 0) is 31.4 Å². The van der Waals surface area contributed by atoms with E-state index in [1.807, 2.05) is 11.0 Å². The van der Waals surface area contributed by atoms with E-state index < -0.39 is 17.8 Å². The molecule has 1 amide bonds. The van der Waals surface area contributed by atoms with Crippen LogP contribution < -0.4 is 10.2 Å². The van der Waals surface area contributed by atoms with E-state index in [9.17, 15) is 18.0 Å². The summed E-state index contributed by atoms with van der Waals surface area (Å²) < 4.78 is 43.1. The van der Waals surface area contributed by atoms with Crippen molar-refractivity contribution in [1.82, 2.24) is 20.3 Å². The zero-order valence-corrected chi connectivity index (χ0v) is 16.4. The fourth-order valence-corrected chi connectivity index (χ4v) is 3.43. The van der Waals surface area contributed by atoms with Crippen molar-refractivity contribution in [3.8, 4) is 0 Å². The molecule has 0 fully saturated rings. The highest BCUT2D eigenvalue weighted by Gasteiger charge is 2.35. The number of pyridine rings is 1. The lowest BCUT2D eigenvalue weighted by Gasteiger charge is -2.30. The van der Waals surface area contributed by atoms with Crippen LogP contribution in [0.1, 0.15) is 39.6 Å². The summed E-state index contributed by atoms with van der Waals surface area (Å²) in [5.74, 6) is 0.0199. The minimum absolute atomic E-state index is 0.110. The summed E-state index contributed by atoms with van der Waals surface area (Å²) in [5.41, 5.74) is 1.27. The fraction of sp³-hybridized carbons (Fsp3) is 0.333. The van der Waals surface area contributed by atoms with Gasteiger partial charge in [0.2, 0.25) is 0 Å². The Kier molecular flexibility index (Phi) is 5.14. The normalized spacial score (nSPS) is 14.0. The lowest BCUT2D eigenvalue weighted by molar-refractivity contribution is -0.142. The van der Waals surface area contributed by atoms with Crippen molar-refractivity contribution in [2.24, 2.45) is 0 Å². The highest BCUT2D eigenvalue weighted by molar-refractivity contribution is 6.34. The molecule has 0 saturated heterocycles. The van der Waals surface area contributed by atoms with Gasteiger partial charge in [0.25, 0.3) is 5.91 Å². The molecule has 158 valence electrons. The summed E-state index contributed by atoms with van der Waals surface area (Å²) in [6.45, 7) is 2.54. The number of rotatable bonds is 4. The number of aromatic amines is 1. The van der Waals surface area contributed by atoms with E-state index in [0.717, 1.165) is 23.9 Å². The van der Waals surface area contributed by atoms with E-state index in [2.05, 4.69) is 25.7 Å². The van der Waals surface area contributed by atoms with Crippen LogP contribution in [0.5, 0.6) is 0 Å². The summed E-state index contributed by atoms with van der Waals surface area (Å²) in [5, 5.41) is 12.2. The Bertz CT molecular complexity index is 1090. The number of halogens is 4. The van der Waals surface area contributed by atoms with Crippen LogP contribution >= 0.6 is 11.6 Å². The van der Waals surface area contributed by atoms with Crippen LogP contribution in [0.2, 0.25) is 5.02 Å². The summed E-state index contributed by atoms with van der Waals surface area (Å²) in [7, 11) is 0. The summed E-state index contributed by atoms with van der Waals surface area (Å²) in [6, 6.07) is 2.74. The van der Waals surface area contributed by atoms with Gasteiger partial charge in [0.15, 0.2) is 11.5 Å². The third kappa shape index (κ3) is 3.97. The van der Waals surface area contributed by atoms with E-state index in [4.69, 9.17) is 16.1 Å². The second-order valence-corrected chi connectivity index (χ2v) is 7.28. The molecule has 4 rings (SSSR count). The van der Waals surface area contributed by atoms with E-state index in [1.54, 1.807) is 6.92 Å². The molecule has 0 aromatic carbocycles. The third-order valence-corrected chi connectivity index (χ3v) is 4.99. The van der Waals surface area contributed by atoms with Crippen molar-refractivity contribution < 1.29 is 22.5 Å². The molecular formula is C18H16ClF3N6O2. The highest BCUT2D eigenvalue weighted by atomic mass is 35.5. The molecule has 12 heteroatoms. The molecule has 0 aliphatic carbocycles. The van der Waals surface area contributed by atoms with Gasteiger partial charge in [-0.1, -0.05) is 16.8 Å². The molecule has 1 aliphatic heterocycles. The zero-order valence-electron chi connectivity index (χ0n) is 15.7. The molecule has 30 heavy (non-hydrogen) atoms. The minimum Gasteiger partial charge on any atom is -0.362 e. The molecular weight excluding hydrogens is 425 g/mol. The molecule has 3 aromatic rings. The van der Waals surface area contributed by atoms with Crippen LogP contribution in [-0.2, 0) is 19.1 Å². The summed E-state index contributed by atoms with van der Waals surface area (Å²) in [4.78, 5) is 18.8. The lowest BCUT2D eigenvalue weighted by atomic mass is 10.1. The maximum Gasteiger partial charge on any atom is 0.436 e. The van der Waals surface area contributed by atoms with Crippen molar-refractivity contribution in [2.75, 3.05) is 16.8 Å². The summed E-state index contributed by atoms with van der Waals surface area (Å²) >= 11 is 5.92. The number of H-pyrrole nitrogens is 1. The second-order valence-electron chi connectivity index (χ2n) is 6.87. The van der Waals surface area contributed by atoms with E-state index in [-0.39, 0.29) is 23.0 Å². The number of carbonyl (C=O) groups excluding carboxylic acids is 1. The molecule has 0 spiro atoms. The highest BCUT2D eigenvalue weighted by Crippen LogP contribution is 2.33. The van der Waals surface area contributed by atoms with Crippen LogP contribution in [0.25, 0.3) is 0 Å². The Morgan fingerprint density at radius 1 is 1.40 bits per heavy atom. The number of anilines is 2. The fourth-order valence-electron chi connectivity index (χ4n) is 3.25. The number of aryl methyl sites for hydroxylation is 2. The van der Waals surface area contributed by atoms with Gasteiger partial charge in [-0.25, -0.2) is 4.98 Å². The lowest BCUT2D eigenvalue weighted by Crippen LogP contribution is -2.30. The van der Waals surface area contributed by atoms with Gasteiger partial charge in [-0.2, -0.15) is 18.3 Å². The number of alkyl halides is 3. The zero-order chi connectivity index (χ0) is 21.5. The summed E-state index contributed by atoms with van der Waals surface area (Å²) in [6.07, 6.45) is -1.80. The maximum absolute atomic E-state index is 12.8. The average molecular weight is 441 g/mol. The van der Waals surface area contributed by atoms with Gasteiger partial charge in [0.1, 0.15) is 11.5 Å². The Balaban J connectivity index is 1.56. The molecule has 4 heterocycles. The number of aromatic nitrogens is 4. The van der Waals surface area contributed by atoms with E-state index in [1.165, 1.54) is 6.20 Å². The van der Waals surface area contributed by atoms with Crippen LogP contribution in [-0.4, -0.2) is 32.8 Å². The number of nitrogens with zero attached hydrogens (tertiary/aromatic N) is 4. The SMILES string of the molecule is Cc1cc2c(nc1NC(=O)c1[nH]ncc1Cl)CCCN2Cc1cc(C(F)(F)F)no1. The Morgan fingerprint density at radius 3 is 2.87 bits per heavy atom. The van der Waals surface area contributed by atoms with Crippen LogP contribution in [0.4, 0.5) is 24.7 Å². The molecule has 0 radical (unpaired) electrons. The first-order valence-corrected chi connectivity index (χ1v) is 9.38. The second kappa shape index (κ2) is 7.63. The quantitative estimate of drug-likeness (QED) is 0.636. The number of hydrogen-bond acceptors (Lipinski definition) is 6. The monoisotopic (exact) mass is 440 g/mol. The topological polar surface area (TPSA) is 99.9 Å². The van der Waals surface area contributed by atoms with E-state index >= 15 is 0 Å². The van der Waals surface area contributed by atoms with Gasteiger partial charge in [0.05, 0.1) is 29.1 Å². The Labute approximate surface area is 173 Å². The predicted molar refractivity (Wildman–Crippen MR) is 101 cm³/mol. The molecule has 8 nitrogen and oxygen atoms in total. The Hall–Kier alpha value is -3.08. The number of nitrogens with one attached hydrogen (secondary N) is 2. The van der Waals surface area contributed by atoms with Crippen molar-refractivity contribution in [3.63, 3.8) is 0 Å². The van der Waals surface area contributed by atoms with Crippen LogP contribution in [0.15, 0.2) is 22.9 Å². The molecule has 3 aromatic heterocycles. The minimum atomic E-state index is -4.55. The Morgan fingerprint density at radius 2 is 2.20 bits per heavy atom. The first-order valence-electron chi connectivity index (χ1n) is 9.01. The average Bonchev–Trinajstić information content (AvgIpc) is 3.32. The van der Waals surface area contributed by atoms with Crippen molar-refractivity contribution in [2.45, 2.75) is 32.5 Å². The van der Waals surface area contributed by atoms with E-state index in [0.29, 0.717) is 24.3 Å². The molecule has 2 N–H and O–H groups in total. The number of fused-ring (bicyclic) bond motifs is 1.